The first-order valence-corrected chi connectivity index (χ1v) is 7.39. The van der Waals surface area contributed by atoms with E-state index >= 15 is 0 Å². The van der Waals surface area contributed by atoms with Crippen molar-refractivity contribution in [1.82, 2.24) is 9.97 Å². The largest absolute Gasteiger partial charge is 0.308 e. The average Bonchev–Trinajstić information content (AvgIpc) is 2.49. The SMILES string of the molecule is CCN(c1ccncc1)S(=O)(=O)c1ccnc(NN)c1. The van der Waals surface area contributed by atoms with Crippen molar-refractivity contribution in [3.63, 3.8) is 0 Å². The third kappa shape index (κ3) is 2.70. The lowest BCUT2D eigenvalue weighted by Crippen LogP contribution is -2.30. The normalized spacial score (nSPS) is 11.1. The molecule has 3 N–H and O–H groups in total. The van der Waals surface area contributed by atoms with E-state index in [-0.39, 0.29) is 10.7 Å². The first-order valence-electron chi connectivity index (χ1n) is 5.95. The van der Waals surface area contributed by atoms with Gasteiger partial charge in [-0.05, 0) is 25.1 Å². The highest BCUT2D eigenvalue weighted by Gasteiger charge is 2.23. The van der Waals surface area contributed by atoms with Crippen LogP contribution in [-0.2, 0) is 10.0 Å². The molecule has 2 heterocycles. The summed E-state index contributed by atoms with van der Waals surface area (Å²) >= 11 is 0. The van der Waals surface area contributed by atoms with Crippen LogP contribution >= 0.6 is 0 Å². The predicted molar refractivity (Wildman–Crippen MR) is 76.5 cm³/mol. The number of sulfonamides is 1. The lowest BCUT2D eigenvalue weighted by atomic mass is 10.4. The van der Waals surface area contributed by atoms with Crippen LogP contribution in [0, 0.1) is 0 Å². The zero-order valence-corrected chi connectivity index (χ0v) is 11.7. The zero-order valence-electron chi connectivity index (χ0n) is 10.9. The van der Waals surface area contributed by atoms with Gasteiger partial charge in [0, 0.05) is 31.2 Å². The van der Waals surface area contributed by atoms with E-state index < -0.39 is 10.0 Å². The summed E-state index contributed by atoms with van der Waals surface area (Å²) in [6.45, 7) is 2.07. The molecule has 0 aliphatic heterocycles. The molecule has 2 rings (SSSR count). The molecule has 0 saturated carbocycles. The summed E-state index contributed by atoms with van der Waals surface area (Å²) in [5.74, 6) is 5.54. The van der Waals surface area contributed by atoms with Crippen LogP contribution in [0.2, 0.25) is 0 Å². The number of aromatic nitrogens is 2. The Bertz CT molecular complexity index is 675. The molecule has 0 fully saturated rings. The van der Waals surface area contributed by atoms with Gasteiger partial charge in [-0.2, -0.15) is 0 Å². The maximum atomic E-state index is 12.6. The van der Waals surface area contributed by atoms with Crippen molar-refractivity contribution in [1.29, 1.82) is 0 Å². The van der Waals surface area contributed by atoms with Gasteiger partial charge in [-0.1, -0.05) is 0 Å². The molecule has 0 spiro atoms. The summed E-state index contributed by atoms with van der Waals surface area (Å²) in [7, 11) is -3.67. The highest BCUT2D eigenvalue weighted by molar-refractivity contribution is 7.92. The number of pyridine rings is 2. The molecule has 0 atom stereocenters. The lowest BCUT2D eigenvalue weighted by molar-refractivity contribution is 0.591. The molecule has 106 valence electrons. The molecule has 0 bridgehead atoms. The van der Waals surface area contributed by atoms with E-state index in [2.05, 4.69) is 15.4 Å². The Hall–Kier alpha value is -2.19. The maximum Gasteiger partial charge on any atom is 0.264 e. The third-order valence-corrected chi connectivity index (χ3v) is 4.60. The van der Waals surface area contributed by atoms with E-state index in [0.717, 1.165) is 0 Å². The number of nitrogens with one attached hydrogen (secondary N) is 1. The summed E-state index contributed by atoms with van der Waals surface area (Å²) in [5, 5.41) is 0. The van der Waals surface area contributed by atoms with Gasteiger partial charge in [0.1, 0.15) is 5.82 Å². The van der Waals surface area contributed by atoms with Crippen LogP contribution in [0.1, 0.15) is 6.92 Å². The van der Waals surface area contributed by atoms with Crippen molar-refractivity contribution >= 4 is 21.5 Å². The number of nitrogens with zero attached hydrogens (tertiary/aromatic N) is 3. The second-order valence-electron chi connectivity index (χ2n) is 3.90. The molecule has 0 aromatic carbocycles. The predicted octanol–water partition coefficient (Wildman–Crippen LogP) is 0.977. The van der Waals surface area contributed by atoms with E-state index in [1.807, 2.05) is 0 Å². The van der Waals surface area contributed by atoms with Crippen molar-refractivity contribution in [3.05, 3.63) is 42.9 Å². The quantitative estimate of drug-likeness (QED) is 0.629. The fraction of sp³-hybridized carbons (Fsp3) is 0.167. The number of rotatable bonds is 5. The Kier molecular flexibility index (Phi) is 4.16. The Balaban J connectivity index is 2.47. The summed E-state index contributed by atoms with van der Waals surface area (Å²) in [4.78, 5) is 7.91. The van der Waals surface area contributed by atoms with Crippen molar-refractivity contribution in [3.8, 4) is 0 Å². The summed E-state index contributed by atoms with van der Waals surface area (Å²) in [6.07, 6.45) is 4.49. The van der Waals surface area contributed by atoms with E-state index in [9.17, 15) is 8.42 Å². The maximum absolute atomic E-state index is 12.6. The van der Waals surface area contributed by atoms with Crippen LogP contribution in [0.25, 0.3) is 0 Å². The minimum absolute atomic E-state index is 0.124. The van der Waals surface area contributed by atoms with Crippen LogP contribution in [-0.4, -0.2) is 24.9 Å². The average molecular weight is 293 g/mol. The van der Waals surface area contributed by atoms with E-state index in [0.29, 0.717) is 12.2 Å². The van der Waals surface area contributed by atoms with Crippen LogP contribution in [0.4, 0.5) is 11.5 Å². The molecule has 7 nitrogen and oxygen atoms in total. The summed E-state index contributed by atoms with van der Waals surface area (Å²) in [5.41, 5.74) is 2.89. The number of nitrogens with two attached hydrogens (primary N) is 1. The fourth-order valence-electron chi connectivity index (χ4n) is 1.78. The fourth-order valence-corrected chi connectivity index (χ4v) is 3.27. The zero-order chi connectivity index (χ0) is 14.6. The van der Waals surface area contributed by atoms with Gasteiger partial charge in [0.2, 0.25) is 0 Å². The van der Waals surface area contributed by atoms with Crippen molar-refractivity contribution in [2.24, 2.45) is 5.84 Å². The molecule has 0 amide bonds. The number of hydrazine groups is 1. The van der Waals surface area contributed by atoms with Crippen LogP contribution in [0.3, 0.4) is 0 Å². The van der Waals surface area contributed by atoms with Gasteiger partial charge in [-0.25, -0.2) is 19.2 Å². The number of hydrogen-bond acceptors (Lipinski definition) is 6. The molecule has 2 aromatic heterocycles. The standard InChI is InChI=1S/C12H15N5O2S/c1-2-17(10-3-6-14-7-4-10)20(18,19)11-5-8-15-12(9-11)16-13/h3-9H,2,13H2,1H3,(H,15,16). The Morgan fingerprint density at radius 2 is 1.95 bits per heavy atom. The smallest absolute Gasteiger partial charge is 0.264 e. The molecular weight excluding hydrogens is 278 g/mol. The topological polar surface area (TPSA) is 101 Å². The van der Waals surface area contributed by atoms with Gasteiger partial charge in [-0.3, -0.25) is 9.29 Å². The molecule has 20 heavy (non-hydrogen) atoms. The second kappa shape index (κ2) is 5.85. The summed E-state index contributed by atoms with van der Waals surface area (Å²) < 4.78 is 26.6. The minimum Gasteiger partial charge on any atom is -0.308 e. The van der Waals surface area contributed by atoms with Crippen molar-refractivity contribution in [2.45, 2.75) is 11.8 Å². The van der Waals surface area contributed by atoms with Gasteiger partial charge in [-0.15, -0.1) is 0 Å². The monoisotopic (exact) mass is 293 g/mol. The summed E-state index contributed by atoms with van der Waals surface area (Å²) in [6, 6.07) is 6.11. The highest BCUT2D eigenvalue weighted by atomic mass is 32.2. The molecule has 0 unspecified atom stereocenters. The van der Waals surface area contributed by atoms with Gasteiger partial charge in [0.15, 0.2) is 0 Å². The first-order chi connectivity index (χ1) is 9.59. The van der Waals surface area contributed by atoms with Gasteiger partial charge < -0.3 is 5.43 Å². The number of anilines is 2. The van der Waals surface area contributed by atoms with E-state index in [1.165, 1.54) is 22.6 Å². The van der Waals surface area contributed by atoms with Gasteiger partial charge in [0.05, 0.1) is 10.6 Å². The van der Waals surface area contributed by atoms with Gasteiger partial charge >= 0.3 is 0 Å². The van der Waals surface area contributed by atoms with E-state index in [4.69, 9.17) is 5.84 Å². The number of hydrogen-bond donors (Lipinski definition) is 2. The Morgan fingerprint density at radius 3 is 2.55 bits per heavy atom. The molecule has 0 aliphatic rings. The molecule has 8 heteroatoms. The van der Waals surface area contributed by atoms with Crippen LogP contribution < -0.4 is 15.6 Å². The van der Waals surface area contributed by atoms with Gasteiger partial charge in [0.25, 0.3) is 10.0 Å². The molecule has 0 saturated heterocycles. The van der Waals surface area contributed by atoms with Crippen LogP contribution in [0.15, 0.2) is 47.8 Å². The lowest BCUT2D eigenvalue weighted by Gasteiger charge is -2.22. The molecule has 2 aromatic rings. The molecular formula is C12H15N5O2S. The first kappa shape index (κ1) is 14.2. The Labute approximate surface area is 117 Å². The minimum atomic E-state index is -3.67. The molecule has 0 aliphatic carbocycles. The van der Waals surface area contributed by atoms with Crippen molar-refractivity contribution in [2.75, 3.05) is 16.3 Å². The number of nitrogen functional groups attached to an aromatic ring is 1. The molecule has 0 radical (unpaired) electrons. The van der Waals surface area contributed by atoms with Crippen molar-refractivity contribution < 1.29 is 8.42 Å². The Morgan fingerprint density at radius 1 is 1.25 bits per heavy atom. The highest BCUT2D eigenvalue weighted by Crippen LogP contribution is 2.23. The van der Waals surface area contributed by atoms with E-state index in [1.54, 1.807) is 31.5 Å². The second-order valence-corrected chi connectivity index (χ2v) is 5.76. The van der Waals surface area contributed by atoms with Crippen LogP contribution in [0.5, 0.6) is 0 Å². The third-order valence-electron chi connectivity index (χ3n) is 2.71.